The molecule has 6 heteroatoms. The summed E-state index contributed by atoms with van der Waals surface area (Å²) in [6.07, 6.45) is 0.745. The highest BCUT2D eigenvalue weighted by molar-refractivity contribution is 5.43. The zero-order chi connectivity index (χ0) is 21.3. The molecule has 0 amide bonds. The number of methoxy groups -OCH3 is 1. The summed E-state index contributed by atoms with van der Waals surface area (Å²) < 4.78 is 11.4. The van der Waals surface area contributed by atoms with Gasteiger partial charge in [-0.25, -0.2) is 0 Å². The zero-order valence-corrected chi connectivity index (χ0v) is 18.0. The molecule has 0 saturated carbocycles. The molecule has 30 heavy (non-hydrogen) atoms. The number of benzene rings is 2. The molecule has 1 aliphatic rings. The fourth-order valence-electron chi connectivity index (χ4n) is 3.83. The van der Waals surface area contributed by atoms with Gasteiger partial charge in [0.2, 0.25) is 0 Å². The van der Waals surface area contributed by atoms with Gasteiger partial charge in [0, 0.05) is 32.7 Å². The molecule has 0 aliphatic carbocycles. The molecule has 1 aliphatic heterocycles. The van der Waals surface area contributed by atoms with Gasteiger partial charge in [0.05, 0.1) is 13.2 Å². The van der Waals surface area contributed by atoms with E-state index >= 15 is 0 Å². The molecular formula is C24H34N2O4. The van der Waals surface area contributed by atoms with Crippen LogP contribution in [-0.2, 0) is 13.1 Å². The van der Waals surface area contributed by atoms with Gasteiger partial charge in [-0.05, 0) is 43.1 Å². The van der Waals surface area contributed by atoms with Crippen LogP contribution in [0, 0.1) is 0 Å². The summed E-state index contributed by atoms with van der Waals surface area (Å²) in [5.74, 6) is 1.31. The van der Waals surface area contributed by atoms with Crippen molar-refractivity contribution in [3.8, 4) is 11.5 Å². The summed E-state index contributed by atoms with van der Waals surface area (Å²) in [5.41, 5.74) is 2.43. The molecule has 0 radical (unpaired) electrons. The summed E-state index contributed by atoms with van der Waals surface area (Å²) in [7, 11) is 3.73. The van der Waals surface area contributed by atoms with Gasteiger partial charge in [-0.2, -0.15) is 0 Å². The first-order valence-corrected chi connectivity index (χ1v) is 10.6. The predicted molar refractivity (Wildman–Crippen MR) is 118 cm³/mol. The monoisotopic (exact) mass is 414 g/mol. The number of hydrogen-bond donors (Lipinski definition) is 2. The van der Waals surface area contributed by atoms with E-state index in [1.807, 2.05) is 24.3 Å². The van der Waals surface area contributed by atoms with Crippen LogP contribution in [0.4, 0.5) is 0 Å². The lowest BCUT2D eigenvalue weighted by Crippen LogP contribution is -2.41. The first-order valence-electron chi connectivity index (χ1n) is 10.6. The summed E-state index contributed by atoms with van der Waals surface area (Å²) in [6, 6.07) is 16.3. The molecule has 1 saturated heterocycles. The van der Waals surface area contributed by atoms with Crippen LogP contribution in [0.25, 0.3) is 0 Å². The van der Waals surface area contributed by atoms with Crippen molar-refractivity contribution in [1.82, 2.24) is 9.80 Å². The lowest BCUT2D eigenvalue weighted by atomic mass is 10.1. The minimum absolute atomic E-state index is 0.204. The first-order chi connectivity index (χ1) is 14.5. The van der Waals surface area contributed by atoms with Gasteiger partial charge in [0.25, 0.3) is 0 Å². The van der Waals surface area contributed by atoms with E-state index in [4.69, 9.17) is 9.47 Å². The number of aliphatic hydroxyl groups excluding tert-OH is 2. The second kappa shape index (κ2) is 11.3. The van der Waals surface area contributed by atoms with E-state index < -0.39 is 6.10 Å². The Labute approximate surface area is 179 Å². The Morgan fingerprint density at radius 3 is 2.43 bits per heavy atom. The van der Waals surface area contributed by atoms with Crippen LogP contribution in [0.15, 0.2) is 48.5 Å². The number of aliphatic hydroxyl groups is 2. The predicted octanol–water partition coefficient (Wildman–Crippen LogP) is 2.52. The second-order valence-corrected chi connectivity index (χ2v) is 8.14. The molecule has 1 unspecified atom stereocenters. The Kier molecular flexibility index (Phi) is 8.51. The highest BCUT2D eigenvalue weighted by Gasteiger charge is 2.20. The second-order valence-electron chi connectivity index (χ2n) is 8.14. The summed E-state index contributed by atoms with van der Waals surface area (Å²) in [4.78, 5) is 4.42. The fourth-order valence-corrected chi connectivity index (χ4v) is 3.83. The molecule has 1 fully saturated rings. The van der Waals surface area contributed by atoms with Crippen molar-refractivity contribution in [2.45, 2.75) is 38.1 Å². The molecule has 1 heterocycles. The van der Waals surface area contributed by atoms with Crippen LogP contribution in [0.2, 0.25) is 0 Å². The van der Waals surface area contributed by atoms with Crippen molar-refractivity contribution in [1.29, 1.82) is 0 Å². The Bertz CT molecular complexity index is 763. The van der Waals surface area contributed by atoms with E-state index in [1.165, 1.54) is 5.56 Å². The van der Waals surface area contributed by atoms with Crippen LogP contribution in [-0.4, -0.2) is 72.6 Å². The third-order valence-corrected chi connectivity index (χ3v) is 5.43. The van der Waals surface area contributed by atoms with E-state index in [1.54, 1.807) is 7.11 Å². The standard InChI is InChI=1S/C24H34N2O4/c1-25(15-19-6-4-3-5-7-19)16-20-8-9-23(24(14-20)29-2)30-18-22(28)17-26-12-10-21(27)11-13-26/h3-9,14,21-22,27-28H,10-13,15-18H2,1-2H3. The molecule has 2 aromatic carbocycles. The molecule has 6 nitrogen and oxygen atoms in total. The molecule has 0 aromatic heterocycles. The van der Waals surface area contributed by atoms with Crippen LogP contribution < -0.4 is 9.47 Å². The van der Waals surface area contributed by atoms with Crippen molar-refractivity contribution >= 4 is 0 Å². The number of ether oxygens (including phenoxy) is 2. The van der Waals surface area contributed by atoms with Crippen molar-refractivity contribution < 1.29 is 19.7 Å². The number of β-amino-alcohol motifs (C(OH)–C–C–N with tert-alkyl or cyclic N) is 1. The molecule has 3 rings (SSSR count). The lowest BCUT2D eigenvalue weighted by molar-refractivity contribution is 0.0333. The molecule has 2 aromatic rings. The number of hydrogen-bond acceptors (Lipinski definition) is 6. The van der Waals surface area contributed by atoms with Gasteiger partial charge in [-0.1, -0.05) is 36.4 Å². The third kappa shape index (κ3) is 6.99. The number of piperidine rings is 1. The Hall–Kier alpha value is -2.12. The molecule has 0 spiro atoms. The van der Waals surface area contributed by atoms with Crippen molar-refractivity contribution in [2.24, 2.45) is 0 Å². The van der Waals surface area contributed by atoms with Crippen LogP contribution in [0.3, 0.4) is 0 Å². The maximum Gasteiger partial charge on any atom is 0.161 e. The van der Waals surface area contributed by atoms with Crippen molar-refractivity contribution in [3.05, 3.63) is 59.7 Å². The Morgan fingerprint density at radius 1 is 1.03 bits per heavy atom. The topological polar surface area (TPSA) is 65.4 Å². The minimum atomic E-state index is -0.582. The van der Waals surface area contributed by atoms with Gasteiger partial charge in [0.1, 0.15) is 12.7 Å². The maximum atomic E-state index is 10.3. The van der Waals surface area contributed by atoms with Gasteiger partial charge in [-0.15, -0.1) is 0 Å². The lowest BCUT2D eigenvalue weighted by Gasteiger charge is -2.30. The van der Waals surface area contributed by atoms with E-state index in [0.717, 1.165) is 44.6 Å². The Balaban J connectivity index is 1.49. The molecule has 2 N–H and O–H groups in total. The van der Waals surface area contributed by atoms with E-state index in [0.29, 0.717) is 18.0 Å². The largest absolute Gasteiger partial charge is 0.493 e. The zero-order valence-electron chi connectivity index (χ0n) is 18.0. The number of likely N-dealkylation sites (tertiary alicyclic amines) is 1. The van der Waals surface area contributed by atoms with Gasteiger partial charge in [-0.3, -0.25) is 4.90 Å². The Morgan fingerprint density at radius 2 is 1.73 bits per heavy atom. The SMILES string of the molecule is COc1cc(CN(C)Cc2ccccc2)ccc1OCC(O)CN1CCC(O)CC1. The van der Waals surface area contributed by atoms with E-state index in [9.17, 15) is 10.2 Å². The van der Waals surface area contributed by atoms with E-state index in [2.05, 4.69) is 41.1 Å². The van der Waals surface area contributed by atoms with Gasteiger partial charge >= 0.3 is 0 Å². The third-order valence-electron chi connectivity index (χ3n) is 5.43. The van der Waals surface area contributed by atoms with Crippen molar-refractivity contribution in [3.63, 3.8) is 0 Å². The smallest absolute Gasteiger partial charge is 0.161 e. The van der Waals surface area contributed by atoms with Gasteiger partial charge in [0.15, 0.2) is 11.5 Å². The first kappa shape index (κ1) is 22.6. The van der Waals surface area contributed by atoms with Crippen LogP contribution in [0.5, 0.6) is 11.5 Å². The van der Waals surface area contributed by atoms with Gasteiger partial charge < -0.3 is 24.6 Å². The molecule has 1 atom stereocenters. The minimum Gasteiger partial charge on any atom is -0.493 e. The number of rotatable bonds is 10. The summed E-state index contributed by atoms with van der Waals surface area (Å²) in [6.45, 7) is 4.07. The highest BCUT2D eigenvalue weighted by atomic mass is 16.5. The summed E-state index contributed by atoms with van der Waals surface area (Å²) >= 11 is 0. The average Bonchev–Trinajstić information content (AvgIpc) is 2.75. The summed E-state index contributed by atoms with van der Waals surface area (Å²) in [5, 5.41) is 19.9. The average molecular weight is 415 g/mol. The van der Waals surface area contributed by atoms with Crippen LogP contribution in [0.1, 0.15) is 24.0 Å². The molecular weight excluding hydrogens is 380 g/mol. The highest BCUT2D eigenvalue weighted by Crippen LogP contribution is 2.29. The van der Waals surface area contributed by atoms with Crippen molar-refractivity contribution in [2.75, 3.05) is 40.4 Å². The number of nitrogens with zero attached hydrogens (tertiary/aromatic N) is 2. The van der Waals surface area contributed by atoms with Crippen LogP contribution >= 0.6 is 0 Å². The van der Waals surface area contributed by atoms with E-state index in [-0.39, 0.29) is 12.7 Å². The fraction of sp³-hybridized carbons (Fsp3) is 0.500. The maximum absolute atomic E-state index is 10.3. The molecule has 0 bridgehead atoms. The quantitative estimate of drug-likeness (QED) is 0.623. The normalized spacial score (nSPS) is 16.6. The molecule has 164 valence electrons.